The van der Waals surface area contributed by atoms with Gasteiger partial charge in [0.1, 0.15) is 0 Å². The molecule has 2 amide bonds. The van der Waals surface area contributed by atoms with E-state index in [1.54, 1.807) is 24.3 Å². The van der Waals surface area contributed by atoms with Crippen molar-refractivity contribution in [1.82, 2.24) is 10.2 Å². The molecule has 5 nitrogen and oxygen atoms in total. The lowest BCUT2D eigenvalue weighted by atomic mass is 9.97. The van der Waals surface area contributed by atoms with Gasteiger partial charge in [0.05, 0.1) is 6.54 Å². The van der Waals surface area contributed by atoms with Gasteiger partial charge in [-0.2, -0.15) is 0 Å². The van der Waals surface area contributed by atoms with Crippen LogP contribution in [-0.4, -0.2) is 42.4 Å². The van der Waals surface area contributed by atoms with E-state index < -0.39 is 0 Å². The molecule has 2 rings (SSSR count). The summed E-state index contributed by atoms with van der Waals surface area (Å²) in [6.07, 6.45) is 0.987. The number of imide groups is 1. The topological polar surface area (TPSA) is 75.4 Å². The van der Waals surface area contributed by atoms with Crippen molar-refractivity contribution >= 4 is 11.8 Å². The first-order chi connectivity index (χ1) is 9.54. The third kappa shape index (κ3) is 4.15. The van der Waals surface area contributed by atoms with Crippen LogP contribution in [0.4, 0.5) is 0 Å². The fourth-order valence-electron chi connectivity index (χ4n) is 2.67. The Morgan fingerprint density at radius 1 is 1.30 bits per heavy atom. The first-order valence-electron chi connectivity index (χ1n) is 6.91. The van der Waals surface area contributed by atoms with Gasteiger partial charge in [0, 0.05) is 24.7 Å². The van der Waals surface area contributed by atoms with Crippen LogP contribution in [0.25, 0.3) is 0 Å². The summed E-state index contributed by atoms with van der Waals surface area (Å²) >= 11 is 0. The zero-order chi connectivity index (χ0) is 14.5. The normalized spacial score (nSPS) is 23.3. The van der Waals surface area contributed by atoms with Crippen LogP contribution in [0.1, 0.15) is 23.7 Å². The highest BCUT2D eigenvalue weighted by Gasteiger charge is 2.24. The molecule has 3 N–H and O–H groups in total. The molecule has 2 atom stereocenters. The summed E-state index contributed by atoms with van der Waals surface area (Å²) in [7, 11) is 0. The zero-order valence-electron chi connectivity index (χ0n) is 11.7. The van der Waals surface area contributed by atoms with Crippen molar-refractivity contribution in [3.8, 4) is 0 Å². The summed E-state index contributed by atoms with van der Waals surface area (Å²) in [4.78, 5) is 25.8. The Kier molecular flexibility index (Phi) is 4.87. The molecule has 0 bridgehead atoms. The Morgan fingerprint density at radius 3 is 2.65 bits per heavy atom. The molecule has 1 heterocycles. The third-order valence-electron chi connectivity index (χ3n) is 3.42. The Morgan fingerprint density at radius 2 is 2.00 bits per heavy atom. The van der Waals surface area contributed by atoms with Crippen molar-refractivity contribution in [1.29, 1.82) is 0 Å². The predicted molar refractivity (Wildman–Crippen MR) is 77.1 cm³/mol. The van der Waals surface area contributed by atoms with Crippen LogP contribution < -0.4 is 11.1 Å². The van der Waals surface area contributed by atoms with Crippen LogP contribution in [0.5, 0.6) is 0 Å². The van der Waals surface area contributed by atoms with E-state index in [4.69, 9.17) is 5.73 Å². The summed E-state index contributed by atoms with van der Waals surface area (Å²) in [5, 5.41) is 2.41. The monoisotopic (exact) mass is 275 g/mol. The van der Waals surface area contributed by atoms with E-state index in [1.807, 2.05) is 11.0 Å². The fourth-order valence-corrected chi connectivity index (χ4v) is 2.67. The molecule has 1 aliphatic rings. The first-order valence-corrected chi connectivity index (χ1v) is 6.91. The van der Waals surface area contributed by atoms with E-state index >= 15 is 0 Å². The highest BCUT2D eigenvalue weighted by molar-refractivity contribution is 6.05. The molecule has 0 radical (unpaired) electrons. The number of carbonyl (C=O) groups excluding carboxylic acids is 2. The number of likely N-dealkylation sites (tertiary alicyclic amines) is 1. The molecule has 1 aliphatic heterocycles. The molecule has 1 fully saturated rings. The molecule has 108 valence electrons. The molecule has 2 unspecified atom stereocenters. The minimum Gasteiger partial charge on any atom is -0.327 e. The van der Waals surface area contributed by atoms with Gasteiger partial charge in [0.15, 0.2) is 0 Å². The lowest BCUT2D eigenvalue weighted by molar-refractivity contribution is -0.121. The lowest BCUT2D eigenvalue weighted by Crippen LogP contribution is -2.50. The summed E-state index contributed by atoms with van der Waals surface area (Å²) in [5.41, 5.74) is 6.43. The number of carbonyl (C=O) groups is 2. The molecule has 1 aromatic rings. The molecule has 5 heteroatoms. The summed E-state index contributed by atoms with van der Waals surface area (Å²) in [6, 6.07) is 8.84. The number of nitrogens with zero attached hydrogens (tertiary/aromatic N) is 1. The fraction of sp³-hybridized carbons (Fsp3) is 0.467. The minimum atomic E-state index is -0.357. The largest absolute Gasteiger partial charge is 0.327 e. The van der Waals surface area contributed by atoms with Crippen LogP contribution in [0.2, 0.25) is 0 Å². The molecule has 20 heavy (non-hydrogen) atoms. The van der Waals surface area contributed by atoms with Crippen LogP contribution in [0, 0.1) is 5.92 Å². The van der Waals surface area contributed by atoms with Gasteiger partial charge in [-0.3, -0.25) is 19.8 Å². The maximum Gasteiger partial charge on any atom is 0.257 e. The van der Waals surface area contributed by atoms with Crippen LogP contribution in [-0.2, 0) is 4.79 Å². The number of hydrogen-bond acceptors (Lipinski definition) is 4. The highest BCUT2D eigenvalue weighted by atomic mass is 16.2. The Hall–Kier alpha value is -1.72. The number of benzene rings is 1. The number of piperidine rings is 1. The number of nitrogens with two attached hydrogens (primary N) is 1. The molecule has 1 saturated heterocycles. The van der Waals surface area contributed by atoms with Crippen molar-refractivity contribution in [3.05, 3.63) is 35.9 Å². The molecular formula is C15H21N3O2. The highest BCUT2D eigenvalue weighted by Crippen LogP contribution is 2.14. The van der Waals surface area contributed by atoms with Gasteiger partial charge in [-0.1, -0.05) is 25.1 Å². The summed E-state index contributed by atoms with van der Waals surface area (Å²) in [5.74, 6) is -0.151. The van der Waals surface area contributed by atoms with Crippen molar-refractivity contribution in [2.24, 2.45) is 11.7 Å². The van der Waals surface area contributed by atoms with Crippen LogP contribution in [0.3, 0.4) is 0 Å². The van der Waals surface area contributed by atoms with Gasteiger partial charge in [-0.05, 0) is 24.5 Å². The Balaban J connectivity index is 1.85. The Bertz CT molecular complexity index is 465. The summed E-state index contributed by atoms with van der Waals surface area (Å²) < 4.78 is 0. The molecule has 0 aliphatic carbocycles. The van der Waals surface area contributed by atoms with Crippen molar-refractivity contribution in [2.75, 3.05) is 19.6 Å². The van der Waals surface area contributed by atoms with Gasteiger partial charge >= 0.3 is 0 Å². The maximum absolute atomic E-state index is 11.9. The van der Waals surface area contributed by atoms with Crippen LogP contribution in [0.15, 0.2) is 30.3 Å². The van der Waals surface area contributed by atoms with Gasteiger partial charge in [-0.25, -0.2) is 0 Å². The molecular weight excluding hydrogens is 254 g/mol. The number of rotatable bonds is 3. The van der Waals surface area contributed by atoms with Crippen molar-refractivity contribution in [2.45, 2.75) is 19.4 Å². The van der Waals surface area contributed by atoms with Gasteiger partial charge < -0.3 is 5.73 Å². The van der Waals surface area contributed by atoms with E-state index in [1.165, 1.54) is 0 Å². The number of nitrogens with one attached hydrogen (secondary N) is 1. The lowest BCUT2D eigenvalue weighted by Gasteiger charge is -2.34. The SMILES string of the molecule is CC1CC(N)CN(CC(=O)NC(=O)c2ccccc2)C1. The van der Waals surface area contributed by atoms with Gasteiger partial charge in [0.2, 0.25) is 5.91 Å². The molecule has 0 aromatic heterocycles. The third-order valence-corrected chi connectivity index (χ3v) is 3.42. The van der Waals surface area contributed by atoms with E-state index in [-0.39, 0.29) is 24.4 Å². The van der Waals surface area contributed by atoms with E-state index in [0.717, 1.165) is 13.0 Å². The summed E-state index contributed by atoms with van der Waals surface area (Å²) in [6.45, 7) is 3.90. The van der Waals surface area contributed by atoms with E-state index in [0.29, 0.717) is 18.0 Å². The predicted octanol–water partition coefficient (Wildman–Crippen LogP) is 0.612. The van der Waals surface area contributed by atoms with E-state index in [2.05, 4.69) is 12.2 Å². The van der Waals surface area contributed by atoms with Crippen molar-refractivity contribution in [3.63, 3.8) is 0 Å². The quantitative estimate of drug-likeness (QED) is 0.847. The Labute approximate surface area is 119 Å². The van der Waals surface area contributed by atoms with E-state index in [9.17, 15) is 9.59 Å². The van der Waals surface area contributed by atoms with Gasteiger partial charge in [0.25, 0.3) is 5.91 Å². The second kappa shape index (κ2) is 6.63. The number of amides is 2. The number of hydrogen-bond donors (Lipinski definition) is 2. The average molecular weight is 275 g/mol. The second-order valence-electron chi connectivity index (χ2n) is 5.54. The average Bonchev–Trinajstić information content (AvgIpc) is 2.38. The molecule has 0 saturated carbocycles. The maximum atomic E-state index is 11.9. The first kappa shape index (κ1) is 14.7. The zero-order valence-corrected chi connectivity index (χ0v) is 11.7. The standard InChI is InChI=1S/C15H21N3O2/c1-11-7-13(16)9-18(8-11)10-14(19)17-15(20)12-5-3-2-4-6-12/h2-6,11,13H,7-10,16H2,1H3,(H,17,19,20). The van der Waals surface area contributed by atoms with Crippen molar-refractivity contribution < 1.29 is 9.59 Å². The van der Waals surface area contributed by atoms with Gasteiger partial charge in [-0.15, -0.1) is 0 Å². The molecule has 1 aromatic carbocycles. The second-order valence-corrected chi connectivity index (χ2v) is 5.54. The smallest absolute Gasteiger partial charge is 0.257 e. The van der Waals surface area contributed by atoms with Crippen LogP contribution >= 0.6 is 0 Å². The minimum absolute atomic E-state index is 0.108. The molecule has 0 spiro atoms.